The normalized spacial score (nSPS) is 19.8. The van der Waals surface area contributed by atoms with Crippen LogP contribution in [0.5, 0.6) is 0 Å². The highest BCUT2D eigenvalue weighted by molar-refractivity contribution is 6.31. The second-order valence-corrected chi connectivity index (χ2v) is 4.98. The van der Waals surface area contributed by atoms with E-state index in [-0.39, 0.29) is 16.9 Å². The van der Waals surface area contributed by atoms with Crippen molar-refractivity contribution in [1.82, 2.24) is 9.55 Å². The van der Waals surface area contributed by atoms with Gasteiger partial charge in [0.05, 0.1) is 34.6 Å². The number of imidazole rings is 1. The summed E-state index contributed by atoms with van der Waals surface area (Å²) >= 11 is 11.7. The minimum Gasteiger partial charge on any atom is -0.379 e. The van der Waals surface area contributed by atoms with E-state index in [0.29, 0.717) is 18.7 Å². The zero-order valence-electron chi connectivity index (χ0n) is 9.50. The van der Waals surface area contributed by atoms with Crippen LogP contribution in [0.1, 0.15) is 18.3 Å². The Morgan fingerprint density at radius 2 is 2.33 bits per heavy atom. The number of fused-ring (bicyclic) bond motifs is 1. The van der Waals surface area contributed by atoms with Crippen LogP contribution in [0.3, 0.4) is 0 Å². The van der Waals surface area contributed by atoms with Crippen molar-refractivity contribution in [3.8, 4) is 0 Å². The Balaban J connectivity index is 2.23. The lowest BCUT2D eigenvalue weighted by molar-refractivity contribution is 0.187. The number of ether oxygens (including phenoxy) is 1. The molecule has 1 unspecified atom stereocenters. The Morgan fingerprint density at radius 3 is 3.00 bits per heavy atom. The lowest BCUT2D eigenvalue weighted by Gasteiger charge is -2.14. The standard InChI is InChI=1S/C12H11Cl2FN2O/c13-5-12-16-10-3-8(14)9(15)4-11(10)17(12)7-1-2-18-6-7/h3-4,7H,1-2,5-6H2. The number of aromatic nitrogens is 2. The van der Waals surface area contributed by atoms with Crippen molar-refractivity contribution in [3.05, 3.63) is 28.8 Å². The number of hydrogen-bond donors (Lipinski definition) is 0. The first-order valence-corrected chi connectivity index (χ1v) is 6.61. The van der Waals surface area contributed by atoms with E-state index in [1.165, 1.54) is 12.1 Å². The van der Waals surface area contributed by atoms with Gasteiger partial charge in [0.25, 0.3) is 0 Å². The highest BCUT2D eigenvalue weighted by Gasteiger charge is 2.23. The Labute approximate surface area is 113 Å². The smallest absolute Gasteiger partial charge is 0.144 e. The molecule has 0 spiro atoms. The van der Waals surface area contributed by atoms with Crippen molar-refractivity contribution in [2.24, 2.45) is 0 Å². The molecular weight excluding hydrogens is 278 g/mol. The summed E-state index contributed by atoms with van der Waals surface area (Å²) in [6, 6.07) is 3.12. The average Bonchev–Trinajstić information content (AvgIpc) is 2.96. The van der Waals surface area contributed by atoms with Crippen LogP contribution in [0.25, 0.3) is 11.0 Å². The fraction of sp³-hybridized carbons (Fsp3) is 0.417. The van der Waals surface area contributed by atoms with E-state index in [1.807, 2.05) is 4.57 Å². The third-order valence-corrected chi connectivity index (χ3v) is 3.72. The summed E-state index contributed by atoms with van der Waals surface area (Å²) in [7, 11) is 0. The van der Waals surface area contributed by atoms with Crippen LogP contribution in [-0.2, 0) is 10.6 Å². The third-order valence-electron chi connectivity index (χ3n) is 3.19. The zero-order chi connectivity index (χ0) is 12.7. The maximum atomic E-state index is 13.6. The number of halogens is 3. The van der Waals surface area contributed by atoms with E-state index in [0.717, 1.165) is 17.8 Å². The molecule has 1 atom stereocenters. The molecule has 1 fully saturated rings. The third kappa shape index (κ3) is 1.88. The molecule has 0 saturated carbocycles. The Kier molecular flexibility index (Phi) is 3.18. The molecule has 1 aromatic heterocycles. The molecule has 96 valence electrons. The van der Waals surface area contributed by atoms with Crippen LogP contribution in [0.15, 0.2) is 12.1 Å². The van der Waals surface area contributed by atoms with Gasteiger partial charge in [-0.15, -0.1) is 11.6 Å². The van der Waals surface area contributed by atoms with Crippen LogP contribution in [0.4, 0.5) is 4.39 Å². The Morgan fingerprint density at radius 1 is 1.50 bits per heavy atom. The molecule has 2 heterocycles. The summed E-state index contributed by atoms with van der Waals surface area (Å²) in [5, 5.41) is 0.0796. The molecular formula is C12H11Cl2FN2O. The van der Waals surface area contributed by atoms with Crippen LogP contribution < -0.4 is 0 Å². The van der Waals surface area contributed by atoms with Crippen molar-refractivity contribution in [2.45, 2.75) is 18.3 Å². The first kappa shape index (κ1) is 12.2. The number of rotatable bonds is 2. The van der Waals surface area contributed by atoms with Gasteiger partial charge < -0.3 is 9.30 Å². The fourth-order valence-electron chi connectivity index (χ4n) is 2.37. The van der Waals surface area contributed by atoms with Gasteiger partial charge in [-0.05, 0) is 12.5 Å². The SMILES string of the molecule is Fc1cc2c(cc1Cl)nc(CCl)n2C1CCOC1. The predicted octanol–water partition coefficient (Wildman–Crippen LogP) is 3.53. The van der Waals surface area contributed by atoms with Gasteiger partial charge in [-0.25, -0.2) is 9.37 Å². The highest BCUT2D eigenvalue weighted by Crippen LogP contribution is 2.30. The van der Waals surface area contributed by atoms with Gasteiger partial charge in [0.15, 0.2) is 0 Å². The Bertz CT molecular complexity index is 593. The van der Waals surface area contributed by atoms with Crippen LogP contribution >= 0.6 is 23.2 Å². The van der Waals surface area contributed by atoms with Gasteiger partial charge >= 0.3 is 0 Å². The van der Waals surface area contributed by atoms with E-state index in [4.69, 9.17) is 27.9 Å². The summed E-state index contributed by atoms with van der Waals surface area (Å²) in [5.74, 6) is 0.568. The minimum absolute atomic E-state index is 0.0796. The zero-order valence-corrected chi connectivity index (χ0v) is 11.0. The molecule has 0 radical (unpaired) electrons. The maximum Gasteiger partial charge on any atom is 0.144 e. The molecule has 1 aliphatic rings. The quantitative estimate of drug-likeness (QED) is 0.791. The van der Waals surface area contributed by atoms with E-state index < -0.39 is 5.82 Å². The Hall–Kier alpha value is -0.840. The number of nitrogens with zero attached hydrogens (tertiary/aromatic N) is 2. The number of alkyl halides is 1. The van der Waals surface area contributed by atoms with Gasteiger partial charge in [-0.1, -0.05) is 11.6 Å². The summed E-state index contributed by atoms with van der Waals surface area (Å²) in [4.78, 5) is 4.40. The molecule has 3 rings (SSSR count). The first-order valence-electron chi connectivity index (χ1n) is 5.70. The monoisotopic (exact) mass is 288 g/mol. The highest BCUT2D eigenvalue weighted by atomic mass is 35.5. The second kappa shape index (κ2) is 4.68. The lowest BCUT2D eigenvalue weighted by atomic mass is 10.2. The molecule has 6 heteroatoms. The van der Waals surface area contributed by atoms with Gasteiger partial charge in [0.1, 0.15) is 11.6 Å². The largest absolute Gasteiger partial charge is 0.379 e. The fourth-order valence-corrected chi connectivity index (χ4v) is 2.71. The number of benzene rings is 1. The summed E-state index contributed by atoms with van der Waals surface area (Å²) in [5.41, 5.74) is 1.40. The topological polar surface area (TPSA) is 27.1 Å². The number of hydrogen-bond acceptors (Lipinski definition) is 2. The summed E-state index contributed by atoms with van der Waals surface area (Å²) < 4.78 is 20.9. The lowest BCUT2D eigenvalue weighted by Crippen LogP contribution is -2.11. The first-order chi connectivity index (χ1) is 8.70. The van der Waals surface area contributed by atoms with Gasteiger partial charge in [0, 0.05) is 12.7 Å². The molecule has 0 aliphatic carbocycles. The minimum atomic E-state index is -0.439. The van der Waals surface area contributed by atoms with Gasteiger partial charge in [-0.3, -0.25) is 0 Å². The summed E-state index contributed by atoms with van der Waals surface area (Å²) in [6.45, 7) is 1.32. The van der Waals surface area contributed by atoms with E-state index in [9.17, 15) is 4.39 Å². The van der Waals surface area contributed by atoms with Crippen molar-refractivity contribution in [1.29, 1.82) is 0 Å². The predicted molar refractivity (Wildman–Crippen MR) is 68.7 cm³/mol. The van der Waals surface area contributed by atoms with E-state index in [2.05, 4.69) is 4.98 Å². The van der Waals surface area contributed by atoms with Gasteiger partial charge in [-0.2, -0.15) is 0 Å². The van der Waals surface area contributed by atoms with E-state index in [1.54, 1.807) is 0 Å². The van der Waals surface area contributed by atoms with Crippen LogP contribution in [0.2, 0.25) is 5.02 Å². The molecule has 1 aliphatic heterocycles. The van der Waals surface area contributed by atoms with Crippen LogP contribution in [-0.4, -0.2) is 22.8 Å². The molecule has 0 N–H and O–H groups in total. The maximum absolute atomic E-state index is 13.6. The molecule has 0 amide bonds. The molecule has 1 aromatic carbocycles. The molecule has 2 aromatic rings. The molecule has 1 saturated heterocycles. The summed E-state index contributed by atoms with van der Waals surface area (Å²) in [6.07, 6.45) is 0.888. The molecule has 18 heavy (non-hydrogen) atoms. The average molecular weight is 289 g/mol. The van der Waals surface area contributed by atoms with Crippen molar-refractivity contribution in [3.63, 3.8) is 0 Å². The molecule has 3 nitrogen and oxygen atoms in total. The second-order valence-electron chi connectivity index (χ2n) is 4.30. The van der Waals surface area contributed by atoms with Crippen molar-refractivity contribution >= 4 is 34.2 Å². The van der Waals surface area contributed by atoms with Crippen molar-refractivity contribution in [2.75, 3.05) is 13.2 Å². The van der Waals surface area contributed by atoms with Crippen LogP contribution in [0, 0.1) is 5.82 Å². The molecule has 0 bridgehead atoms. The van der Waals surface area contributed by atoms with Crippen molar-refractivity contribution < 1.29 is 9.13 Å². The van der Waals surface area contributed by atoms with E-state index >= 15 is 0 Å². The van der Waals surface area contributed by atoms with Gasteiger partial charge in [0.2, 0.25) is 0 Å².